The standard InChI is InChI=1S/C12H18N4O2/c1-2-9-8-18-6-5-16(9)11-7-14-4-3-10(11)12(13)15-17/h3-4,7,9,17H,2,5-6,8H2,1H3,(H2,13,15). The maximum atomic E-state index is 8.83. The fourth-order valence-electron chi connectivity index (χ4n) is 2.20. The molecule has 1 saturated heterocycles. The van der Waals surface area contributed by atoms with Gasteiger partial charge in [0.15, 0.2) is 5.84 Å². The SMILES string of the molecule is CCC1COCCN1c1cnccc1/C(N)=N/O. The Hall–Kier alpha value is -1.82. The fourth-order valence-corrected chi connectivity index (χ4v) is 2.20. The van der Waals surface area contributed by atoms with E-state index in [1.165, 1.54) is 0 Å². The van der Waals surface area contributed by atoms with E-state index in [9.17, 15) is 0 Å². The van der Waals surface area contributed by atoms with Gasteiger partial charge in [0.05, 0.1) is 31.1 Å². The van der Waals surface area contributed by atoms with E-state index in [1.54, 1.807) is 18.5 Å². The monoisotopic (exact) mass is 250 g/mol. The molecule has 0 saturated carbocycles. The molecule has 1 aromatic heterocycles. The second-order valence-electron chi connectivity index (χ2n) is 4.21. The lowest BCUT2D eigenvalue weighted by atomic mass is 10.1. The Kier molecular flexibility index (Phi) is 3.99. The third-order valence-electron chi connectivity index (χ3n) is 3.19. The molecule has 0 amide bonds. The van der Waals surface area contributed by atoms with Crippen LogP contribution >= 0.6 is 0 Å². The molecular formula is C12H18N4O2. The number of hydrogen-bond acceptors (Lipinski definition) is 5. The average molecular weight is 250 g/mol. The van der Waals surface area contributed by atoms with Crippen molar-refractivity contribution in [1.29, 1.82) is 0 Å². The number of anilines is 1. The van der Waals surface area contributed by atoms with Crippen LogP contribution in [0.2, 0.25) is 0 Å². The van der Waals surface area contributed by atoms with Crippen molar-refractivity contribution in [1.82, 2.24) is 4.98 Å². The van der Waals surface area contributed by atoms with Crippen LogP contribution in [-0.4, -0.2) is 41.8 Å². The number of rotatable bonds is 3. The van der Waals surface area contributed by atoms with Gasteiger partial charge in [0.25, 0.3) is 0 Å². The number of ether oxygens (including phenoxy) is 1. The van der Waals surface area contributed by atoms with Crippen LogP contribution in [0.25, 0.3) is 0 Å². The minimum atomic E-state index is 0.105. The number of aromatic nitrogens is 1. The lowest BCUT2D eigenvalue weighted by Gasteiger charge is -2.37. The Balaban J connectivity index is 2.37. The van der Waals surface area contributed by atoms with Crippen molar-refractivity contribution in [2.24, 2.45) is 10.9 Å². The van der Waals surface area contributed by atoms with Crippen molar-refractivity contribution in [3.8, 4) is 0 Å². The van der Waals surface area contributed by atoms with Crippen LogP contribution < -0.4 is 10.6 Å². The number of amidine groups is 1. The molecule has 18 heavy (non-hydrogen) atoms. The zero-order valence-electron chi connectivity index (χ0n) is 10.4. The Bertz CT molecular complexity index is 436. The number of pyridine rings is 1. The molecule has 6 nitrogen and oxygen atoms in total. The molecule has 98 valence electrons. The first-order valence-corrected chi connectivity index (χ1v) is 6.04. The van der Waals surface area contributed by atoms with E-state index in [1.807, 2.05) is 0 Å². The third-order valence-corrected chi connectivity index (χ3v) is 3.19. The minimum Gasteiger partial charge on any atom is -0.409 e. The van der Waals surface area contributed by atoms with E-state index in [-0.39, 0.29) is 5.84 Å². The molecule has 0 aromatic carbocycles. The van der Waals surface area contributed by atoms with Crippen molar-refractivity contribution in [2.75, 3.05) is 24.7 Å². The fraction of sp³-hybridized carbons (Fsp3) is 0.500. The topological polar surface area (TPSA) is 84.0 Å². The molecule has 1 unspecified atom stereocenters. The number of nitrogens with two attached hydrogens (primary N) is 1. The maximum Gasteiger partial charge on any atom is 0.172 e. The zero-order valence-corrected chi connectivity index (χ0v) is 10.4. The first-order valence-electron chi connectivity index (χ1n) is 6.04. The molecular weight excluding hydrogens is 232 g/mol. The predicted molar refractivity (Wildman–Crippen MR) is 69.0 cm³/mol. The molecule has 0 radical (unpaired) electrons. The molecule has 1 aliphatic heterocycles. The van der Waals surface area contributed by atoms with Crippen LogP contribution in [0.3, 0.4) is 0 Å². The molecule has 1 atom stereocenters. The average Bonchev–Trinajstić information content (AvgIpc) is 2.46. The number of hydrogen-bond donors (Lipinski definition) is 2. The van der Waals surface area contributed by atoms with Crippen LogP contribution in [0.4, 0.5) is 5.69 Å². The highest BCUT2D eigenvalue weighted by molar-refractivity contribution is 6.02. The van der Waals surface area contributed by atoms with E-state index >= 15 is 0 Å². The smallest absolute Gasteiger partial charge is 0.172 e. The lowest BCUT2D eigenvalue weighted by molar-refractivity contribution is 0.0929. The minimum absolute atomic E-state index is 0.105. The molecule has 0 spiro atoms. The maximum absolute atomic E-state index is 8.83. The van der Waals surface area contributed by atoms with Crippen molar-refractivity contribution < 1.29 is 9.94 Å². The lowest BCUT2D eigenvalue weighted by Crippen LogP contribution is -2.46. The van der Waals surface area contributed by atoms with E-state index in [0.717, 1.165) is 18.7 Å². The third kappa shape index (κ3) is 2.38. The van der Waals surface area contributed by atoms with Gasteiger partial charge in [-0.3, -0.25) is 4.98 Å². The van der Waals surface area contributed by atoms with Gasteiger partial charge >= 0.3 is 0 Å². The summed E-state index contributed by atoms with van der Waals surface area (Å²) in [5, 5.41) is 11.9. The quantitative estimate of drug-likeness (QED) is 0.358. The van der Waals surface area contributed by atoms with Crippen LogP contribution in [0, 0.1) is 0 Å². The summed E-state index contributed by atoms with van der Waals surface area (Å²) in [5.41, 5.74) is 7.30. The zero-order chi connectivity index (χ0) is 13.0. The molecule has 1 fully saturated rings. The van der Waals surface area contributed by atoms with Gasteiger partial charge in [0.2, 0.25) is 0 Å². The summed E-state index contributed by atoms with van der Waals surface area (Å²) in [4.78, 5) is 6.34. The molecule has 1 aromatic rings. The highest BCUT2D eigenvalue weighted by Gasteiger charge is 2.24. The Morgan fingerprint density at radius 1 is 1.72 bits per heavy atom. The predicted octanol–water partition coefficient (Wildman–Crippen LogP) is 0.791. The van der Waals surface area contributed by atoms with E-state index in [0.29, 0.717) is 24.8 Å². The summed E-state index contributed by atoms with van der Waals surface area (Å²) in [6, 6.07) is 2.06. The van der Waals surface area contributed by atoms with Crippen molar-refractivity contribution >= 4 is 11.5 Å². The van der Waals surface area contributed by atoms with Gasteiger partial charge in [-0.05, 0) is 12.5 Å². The summed E-state index contributed by atoms with van der Waals surface area (Å²) in [6.07, 6.45) is 4.37. The van der Waals surface area contributed by atoms with E-state index in [4.69, 9.17) is 15.7 Å². The second kappa shape index (κ2) is 5.68. The van der Waals surface area contributed by atoms with Crippen molar-refractivity contribution in [3.05, 3.63) is 24.0 Å². The van der Waals surface area contributed by atoms with Gasteiger partial charge in [-0.2, -0.15) is 0 Å². The molecule has 1 aliphatic rings. The second-order valence-corrected chi connectivity index (χ2v) is 4.21. The summed E-state index contributed by atoms with van der Waals surface area (Å²) in [7, 11) is 0. The summed E-state index contributed by atoms with van der Waals surface area (Å²) >= 11 is 0. The molecule has 3 N–H and O–H groups in total. The van der Waals surface area contributed by atoms with Crippen LogP contribution in [0.15, 0.2) is 23.6 Å². The summed E-state index contributed by atoms with van der Waals surface area (Å²) < 4.78 is 5.48. The Morgan fingerprint density at radius 2 is 2.56 bits per heavy atom. The number of morpholine rings is 1. The normalized spacial score (nSPS) is 21.1. The van der Waals surface area contributed by atoms with Crippen LogP contribution in [0.1, 0.15) is 18.9 Å². The van der Waals surface area contributed by atoms with E-state index < -0.39 is 0 Å². The first-order chi connectivity index (χ1) is 8.77. The van der Waals surface area contributed by atoms with Crippen LogP contribution in [-0.2, 0) is 4.74 Å². The molecule has 2 heterocycles. The Labute approximate surface area is 106 Å². The summed E-state index contributed by atoms with van der Waals surface area (Å²) in [6.45, 7) is 4.28. The van der Waals surface area contributed by atoms with Gasteiger partial charge in [-0.25, -0.2) is 0 Å². The van der Waals surface area contributed by atoms with Crippen LogP contribution in [0.5, 0.6) is 0 Å². The van der Waals surface area contributed by atoms with E-state index in [2.05, 4.69) is 22.0 Å². The molecule has 0 aliphatic carbocycles. The Morgan fingerprint density at radius 3 is 3.28 bits per heavy atom. The van der Waals surface area contributed by atoms with Gasteiger partial charge < -0.3 is 20.6 Å². The first kappa shape index (κ1) is 12.6. The van der Waals surface area contributed by atoms with Gasteiger partial charge in [-0.15, -0.1) is 0 Å². The molecule has 2 rings (SSSR count). The molecule has 6 heteroatoms. The summed E-state index contributed by atoms with van der Waals surface area (Å²) in [5.74, 6) is 0.105. The number of oxime groups is 1. The van der Waals surface area contributed by atoms with Gasteiger partial charge in [-0.1, -0.05) is 12.1 Å². The highest BCUT2D eigenvalue weighted by atomic mass is 16.5. The van der Waals surface area contributed by atoms with Gasteiger partial charge in [0.1, 0.15) is 0 Å². The van der Waals surface area contributed by atoms with Crippen molar-refractivity contribution in [3.63, 3.8) is 0 Å². The largest absolute Gasteiger partial charge is 0.409 e. The van der Waals surface area contributed by atoms with Crippen molar-refractivity contribution in [2.45, 2.75) is 19.4 Å². The molecule has 0 bridgehead atoms. The van der Waals surface area contributed by atoms with Gasteiger partial charge in [0, 0.05) is 18.3 Å². The number of nitrogens with zero attached hydrogens (tertiary/aromatic N) is 3. The highest BCUT2D eigenvalue weighted by Crippen LogP contribution is 2.24.